The van der Waals surface area contributed by atoms with Gasteiger partial charge in [0.05, 0.1) is 24.8 Å². The molecule has 0 aliphatic rings. The van der Waals surface area contributed by atoms with Crippen molar-refractivity contribution >= 4 is 15.9 Å². The maximum Gasteiger partial charge on any atom is 0.136 e. The van der Waals surface area contributed by atoms with Crippen molar-refractivity contribution < 1.29 is 14.6 Å². The number of hydrogen-bond acceptors (Lipinski definition) is 4. The maximum absolute atomic E-state index is 9.66. The molecule has 0 saturated heterocycles. The fraction of sp³-hybridized carbons (Fsp3) is 0.400. The van der Waals surface area contributed by atoms with Crippen molar-refractivity contribution in [2.45, 2.75) is 6.10 Å². The summed E-state index contributed by atoms with van der Waals surface area (Å²) in [6, 6.07) is 3.45. The number of aliphatic hydroxyl groups is 1. The first kappa shape index (κ1) is 12.3. The van der Waals surface area contributed by atoms with E-state index in [4.69, 9.17) is 15.2 Å². The van der Waals surface area contributed by atoms with E-state index in [0.29, 0.717) is 17.1 Å². The van der Waals surface area contributed by atoms with Gasteiger partial charge < -0.3 is 20.3 Å². The summed E-state index contributed by atoms with van der Waals surface area (Å²) in [5, 5.41) is 9.66. The smallest absolute Gasteiger partial charge is 0.136 e. The summed E-state index contributed by atoms with van der Waals surface area (Å²) >= 11 is 3.34. The van der Waals surface area contributed by atoms with Crippen LogP contribution in [0.1, 0.15) is 11.7 Å². The van der Waals surface area contributed by atoms with Crippen molar-refractivity contribution in [3.63, 3.8) is 0 Å². The molecule has 5 heteroatoms. The number of benzene rings is 1. The van der Waals surface area contributed by atoms with Crippen LogP contribution in [-0.2, 0) is 0 Å². The zero-order valence-electron chi connectivity index (χ0n) is 8.66. The Morgan fingerprint density at radius 1 is 1.33 bits per heavy atom. The minimum absolute atomic E-state index is 0.148. The van der Waals surface area contributed by atoms with Gasteiger partial charge in [0.2, 0.25) is 0 Å². The molecule has 0 fully saturated rings. The number of aliphatic hydroxyl groups excluding tert-OH is 1. The average Bonchev–Trinajstić information content (AvgIpc) is 2.27. The molecule has 4 nitrogen and oxygen atoms in total. The molecule has 0 heterocycles. The van der Waals surface area contributed by atoms with Crippen LogP contribution in [0.4, 0.5) is 0 Å². The summed E-state index contributed by atoms with van der Waals surface area (Å²) in [5.74, 6) is 1.22. The van der Waals surface area contributed by atoms with E-state index in [9.17, 15) is 5.11 Å². The Labute approximate surface area is 97.1 Å². The van der Waals surface area contributed by atoms with Crippen LogP contribution in [0.5, 0.6) is 11.5 Å². The standard InChI is InChI=1S/C10H14BrNO3/c1-14-9-4-10(15-2)7(11)3-6(9)8(13)5-12/h3-4,8,13H,5,12H2,1-2H3. The van der Waals surface area contributed by atoms with E-state index in [1.54, 1.807) is 19.2 Å². The number of nitrogens with two attached hydrogens (primary N) is 1. The molecule has 0 saturated carbocycles. The molecule has 0 aliphatic carbocycles. The first-order valence-corrected chi connectivity index (χ1v) is 5.22. The van der Waals surface area contributed by atoms with Gasteiger partial charge in [-0.2, -0.15) is 0 Å². The third kappa shape index (κ3) is 2.62. The van der Waals surface area contributed by atoms with Gasteiger partial charge in [-0.3, -0.25) is 0 Å². The van der Waals surface area contributed by atoms with Crippen LogP contribution < -0.4 is 15.2 Å². The largest absolute Gasteiger partial charge is 0.496 e. The Morgan fingerprint density at radius 3 is 2.40 bits per heavy atom. The Kier molecular flexibility index (Phi) is 4.38. The lowest BCUT2D eigenvalue weighted by molar-refractivity contribution is 0.182. The first-order valence-electron chi connectivity index (χ1n) is 4.43. The van der Waals surface area contributed by atoms with Crippen LogP contribution in [0.3, 0.4) is 0 Å². The molecule has 3 N–H and O–H groups in total. The second kappa shape index (κ2) is 5.34. The molecule has 84 valence electrons. The van der Waals surface area contributed by atoms with E-state index in [2.05, 4.69) is 15.9 Å². The summed E-state index contributed by atoms with van der Waals surface area (Å²) in [6.07, 6.45) is -0.734. The van der Waals surface area contributed by atoms with E-state index in [0.717, 1.165) is 4.47 Å². The molecule has 0 aromatic heterocycles. The Hall–Kier alpha value is -0.780. The van der Waals surface area contributed by atoms with Crippen molar-refractivity contribution in [2.75, 3.05) is 20.8 Å². The highest BCUT2D eigenvalue weighted by Gasteiger charge is 2.15. The van der Waals surface area contributed by atoms with E-state index < -0.39 is 6.10 Å². The van der Waals surface area contributed by atoms with Gasteiger partial charge in [-0.05, 0) is 22.0 Å². The Bertz CT molecular complexity index is 344. The van der Waals surface area contributed by atoms with E-state index in [1.165, 1.54) is 7.11 Å². The lowest BCUT2D eigenvalue weighted by Gasteiger charge is -2.15. The molecule has 1 atom stereocenters. The van der Waals surface area contributed by atoms with Gasteiger partial charge in [-0.1, -0.05) is 0 Å². The highest BCUT2D eigenvalue weighted by molar-refractivity contribution is 9.10. The molecule has 0 bridgehead atoms. The normalized spacial score (nSPS) is 12.3. The molecule has 0 amide bonds. The number of ether oxygens (including phenoxy) is 2. The van der Waals surface area contributed by atoms with E-state index in [-0.39, 0.29) is 6.54 Å². The molecule has 1 aromatic rings. The van der Waals surface area contributed by atoms with Gasteiger partial charge in [-0.15, -0.1) is 0 Å². The zero-order valence-corrected chi connectivity index (χ0v) is 10.2. The summed E-state index contributed by atoms with van der Waals surface area (Å²) in [7, 11) is 3.11. The van der Waals surface area contributed by atoms with E-state index in [1.807, 2.05) is 0 Å². The molecule has 0 aliphatic heterocycles. The number of rotatable bonds is 4. The molecule has 1 aromatic carbocycles. The highest BCUT2D eigenvalue weighted by atomic mass is 79.9. The van der Waals surface area contributed by atoms with E-state index >= 15 is 0 Å². The van der Waals surface area contributed by atoms with Crippen molar-refractivity contribution in [3.8, 4) is 11.5 Å². The van der Waals surface area contributed by atoms with Crippen LogP contribution in [0.2, 0.25) is 0 Å². The summed E-state index contributed by atoms with van der Waals surface area (Å²) < 4.78 is 11.0. The second-order valence-electron chi connectivity index (χ2n) is 2.98. The summed E-state index contributed by atoms with van der Waals surface area (Å²) in [4.78, 5) is 0. The lowest BCUT2D eigenvalue weighted by atomic mass is 10.1. The second-order valence-corrected chi connectivity index (χ2v) is 3.83. The third-order valence-electron chi connectivity index (χ3n) is 2.09. The highest BCUT2D eigenvalue weighted by Crippen LogP contribution is 2.35. The number of halogens is 1. The van der Waals surface area contributed by atoms with Crippen LogP contribution in [0.25, 0.3) is 0 Å². The van der Waals surface area contributed by atoms with Gasteiger partial charge >= 0.3 is 0 Å². The van der Waals surface area contributed by atoms with Crippen molar-refractivity contribution in [2.24, 2.45) is 5.73 Å². The predicted octanol–water partition coefficient (Wildman–Crippen LogP) is 1.46. The SMILES string of the molecule is COc1cc(OC)c(C(O)CN)cc1Br. The van der Waals surface area contributed by atoms with Gasteiger partial charge in [0.1, 0.15) is 11.5 Å². The van der Waals surface area contributed by atoms with Gasteiger partial charge in [0.15, 0.2) is 0 Å². The van der Waals surface area contributed by atoms with Crippen molar-refractivity contribution in [3.05, 3.63) is 22.2 Å². The van der Waals surface area contributed by atoms with Gasteiger partial charge in [-0.25, -0.2) is 0 Å². The quantitative estimate of drug-likeness (QED) is 0.873. The molecule has 15 heavy (non-hydrogen) atoms. The topological polar surface area (TPSA) is 64.7 Å². The summed E-state index contributed by atoms with van der Waals surface area (Å²) in [6.45, 7) is 0.148. The molecular formula is C10H14BrNO3. The van der Waals surface area contributed by atoms with Crippen LogP contribution in [0.15, 0.2) is 16.6 Å². The third-order valence-corrected chi connectivity index (χ3v) is 2.71. The molecule has 0 radical (unpaired) electrons. The Balaban J connectivity index is 3.21. The maximum atomic E-state index is 9.66. The minimum atomic E-state index is -0.734. The Morgan fingerprint density at radius 2 is 1.93 bits per heavy atom. The van der Waals surface area contributed by atoms with Crippen molar-refractivity contribution in [1.29, 1.82) is 0 Å². The fourth-order valence-electron chi connectivity index (χ4n) is 1.27. The van der Waals surface area contributed by atoms with Crippen LogP contribution >= 0.6 is 15.9 Å². The van der Waals surface area contributed by atoms with Crippen molar-refractivity contribution in [1.82, 2.24) is 0 Å². The molecular weight excluding hydrogens is 262 g/mol. The molecule has 1 rings (SSSR count). The monoisotopic (exact) mass is 275 g/mol. The number of methoxy groups -OCH3 is 2. The van der Waals surface area contributed by atoms with Gasteiger partial charge in [0.25, 0.3) is 0 Å². The molecule has 1 unspecified atom stereocenters. The lowest BCUT2D eigenvalue weighted by Crippen LogP contribution is -2.12. The fourth-order valence-corrected chi connectivity index (χ4v) is 1.79. The predicted molar refractivity (Wildman–Crippen MR) is 61.3 cm³/mol. The van der Waals surface area contributed by atoms with Crippen LogP contribution in [-0.4, -0.2) is 25.9 Å². The average molecular weight is 276 g/mol. The first-order chi connectivity index (χ1) is 7.13. The molecule has 0 spiro atoms. The zero-order chi connectivity index (χ0) is 11.4. The van der Waals surface area contributed by atoms with Gasteiger partial charge in [0, 0.05) is 18.2 Å². The number of hydrogen-bond donors (Lipinski definition) is 2. The minimum Gasteiger partial charge on any atom is -0.496 e. The van der Waals surface area contributed by atoms with Crippen LogP contribution in [0, 0.1) is 0 Å². The summed E-state index contributed by atoms with van der Waals surface area (Å²) in [5.41, 5.74) is 6.04.